The summed E-state index contributed by atoms with van der Waals surface area (Å²) in [5.74, 6) is -0.315. The highest BCUT2D eigenvalue weighted by atomic mass is 79.9. The number of aromatic nitrogens is 1. The van der Waals surface area contributed by atoms with E-state index in [1.54, 1.807) is 41.4 Å². The molecule has 1 N–H and O–H groups in total. The Balaban J connectivity index is 0.000000240. The van der Waals surface area contributed by atoms with Gasteiger partial charge in [-0.2, -0.15) is 11.8 Å². The highest BCUT2D eigenvalue weighted by Gasteiger charge is 2.24. The number of nitrogens with one attached hydrogen (secondary N) is 1. The van der Waals surface area contributed by atoms with Crippen molar-refractivity contribution >= 4 is 56.9 Å². The van der Waals surface area contributed by atoms with Crippen molar-refractivity contribution in [1.29, 1.82) is 0 Å². The first-order chi connectivity index (χ1) is 22.4. The van der Waals surface area contributed by atoms with Crippen LogP contribution < -0.4 is 5.32 Å². The zero-order valence-corrected chi connectivity index (χ0v) is 28.8. The van der Waals surface area contributed by atoms with Crippen LogP contribution in [0.3, 0.4) is 0 Å². The van der Waals surface area contributed by atoms with Gasteiger partial charge in [0.2, 0.25) is 0 Å². The van der Waals surface area contributed by atoms with Crippen LogP contribution in [0.4, 0.5) is 0 Å². The Labute approximate surface area is 285 Å². The van der Waals surface area contributed by atoms with E-state index in [9.17, 15) is 14.4 Å². The van der Waals surface area contributed by atoms with Crippen LogP contribution in [-0.2, 0) is 14.3 Å². The lowest BCUT2D eigenvalue weighted by Crippen LogP contribution is -2.42. The second kappa shape index (κ2) is 17.4. The van der Waals surface area contributed by atoms with E-state index in [4.69, 9.17) is 9.47 Å². The summed E-state index contributed by atoms with van der Waals surface area (Å²) in [7, 11) is 2.72. The molecule has 5 rings (SSSR count). The second-order valence-electron chi connectivity index (χ2n) is 9.84. The molecule has 1 aromatic heterocycles. The molecule has 0 bridgehead atoms. The number of halogens is 1. The smallest absolute Gasteiger partial charge is 0.338 e. The number of rotatable bonds is 10. The molecule has 5 aromatic rings. The molecule has 1 atom stereocenters. The Morgan fingerprint density at radius 2 is 1.46 bits per heavy atom. The number of ether oxygens (including phenoxy) is 2. The van der Waals surface area contributed by atoms with E-state index in [1.807, 2.05) is 96.6 Å². The maximum atomic E-state index is 13.1. The highest BCUT2D eigenvalue weighted by Crippen LogP contribution is 2.31. The molecular weight excluding hydrogens is 684 g/mol. The topological polar surface area (TPSA) is 94.6 Å². The molecule has 0 saturated carbocycles. The van der Waals surface area contributed by atoms with E-state index in [1.165, 1.54) is 14.2 Å². The van der Waals surface area contributed by atoms with Gasteiger partial charge >= 0.3 is 11.9 Å². The monoisotopic (exact) mass is 716 g/mol. The van der Waals surface area contributed by atoms with E-state index in [2.05, 4.69) is 26.2 Å². The fraction of sp³-hybridized carbons (Fsp3) is 0.167. The third-order valence-electron chi connectivity index (χ3n) is 6.90. The van der Waals surface area contributed by atoms with Crippen molar-refractivity contribution < 1.29 is 23.9 Å². The Kier molecular flexibility index (Phi) is 13.1. The number of esters is 2. The summed E-state index contributed by atoms with van der Waals surface area (Å²) in [5, 5.41) is 5.66. The first-order valence-electron chi connectivity index (χ1n) is 14.3. The summed E-state index contributed by atoms with van der Waals surface area (Å²) in [5.41, 5.74) is 5.61. The Hall–Kier alpha value is -4.25. The lowest BCUT2D eigenvalue weighted by molar-refractivity contribution is -0.142. The lowest BCUT2D eigenvalue weighted by Gasteiger charge is -2.18. The molecule has 236 valence electrons. The number of carbonyl (C=O) groups is 3. The lowest BCUT2D eigenvalue weighted by atomic mass is 9.96. The van der Waals surface area contributed by atoms with Crippen molar-refractivity contribution in [3.8, 4) is 32.8 Å². The van der Waals surface area contributed by atoms with Crippen molar-refractivity contribution in [2.45, 2.75) is 12.5 Å². The summed E-state index contributed by atoms with van der Waals surface area (Å²) in [6.45, 7) is 0. The van der Waals surface area contributed by atoms with Crippen LogP contribution in [0.5, 0.6) is 0 Å². The van der Waals surface area contributed by atoms with Crippen LogP contribution in [0.15, 0.2) is 113 Å². The van der Waals surface area contributed by atoms with Gasteiger partial charge in [0.15, 0.2) is 0 Å². The zero-order chi connectivity index (χ0) is 32.9. The predicted molar refractivity (Wildman–Crippen MR) is 190 cm³/mol. The van der Waals surface area contributed by atoms with Crippen molar-refractivity contribution in [3.05, 3.63) is 124 Å². The molecule has 0 radical (unpaired) electrons. The van der Waals surface area contributed by atoms with E-state index >= 15 is 0 Å². The van der Waals surface area contributed by atoms with Gasteiger partial charge in [-0.1, -0.05) is 82.7 Å². The van der Waals surface area contributed by atoms with Crippen molar-refractivity contribution in [2.75, 3.05) is 26.2 Å². The highest BCUT2D eigenvalue weighted by molar-refractivity contribution is 9.10. The van der Waals surface area contributed by atoms with E-state index in [0.717, 1.165) is 43.1 Å². The summed E-state index contributed by atoms with van der Waals surface area (Å²) in [6, 6.07) is 30.0. The van der Waals surface area contributed by atoms with E-state index in [-0.39, 0.29) is 11.9 Å². The Morgan fingerprint density at radius 1 is 0.826 bits per heavy atom. The Bertz CT molecular complexity index is 1750. The second-order valence-corrected chi connectivity index (χ2v) is 12.6. The SMILES string of the molecule is COC(=O)[C@H](CCSC)NC(=O)c1ccc(-c2nccs2)cc1-c1ccccc1.COC(=O)c1ccc(Br)cc1-c1ccccc1. The first-order valence-corrected chi connectivity index (χ1v) is 17.3. The number of benzene rings is 4. The zero-order valence-electron chi connectivity index (χ0n) is 25.6. The standard InChI is InChI=1S/C22H22N2O3S2.C14H11BrO2/c1-27-22(26)19(10-12-28-2)24-20(25)17-9-8-16(21-23-11-13-29-21)14-18(17)15-6-4-3-5-7-15;1-17-14(16)12-8-7-11(15)9-13(12)10-5-3-2-4-6-10/h3-9,11,13-14,19H,10,12H2,1-2H3,(H,24,25);2-9H,1H3/t19-;/m0./s1. The third kappa shape index (κ3) is 9.15. The van der Waals surface area contributed by atoms with Crippen LogP contribution in [0.1, 0.15) is 27.1 Å². The van der Waals surface area contributed by atoms with Gasteiger partial charge in [-0.15, -0.1) is 11.3 Å². The summed E-state index contributed by atoms with van der Waals surface area (Å²) in [6.07, 6.45) is 4.23. The molecule has 1 amide bonds. The molecule has 10 heteroatoms. The van der Waals surface area contributed by atoms with Crippen LogP contribution in [0, 0.1) is 0 Å². The molecule has 0 aliphatic heterocycles. The molecule has 7 nitrogen and oxygen atoms in total. The summed E-state index contributed by atoms with van der Waals surface area (Å²) in [4.78, 5) is 41.2. The largest absolute Gasteiger partial charge is 0.467 e. The minimum Gasteiger partial charge on any atom is -0.467 e. The summed E-state index contributed by atoms with van der Waals surface area (Å²) < 4.78 is 10.6. The maximum Gasteiger partial charge on any atom is 0.338 e. The normalized spacial score (nSPS) is 11.0. The number of carbonyl (C=O) groups excluding carboxylic acids is 3. The van der Waals surface area contributed by atoms with Gasteiger partial charge < -0.3 is 14.8 Å². The van der Waals surface area contributed by atoms with Crippen molar-refractivity contribution in [3.63, 3.8) is 0 Å². The van der Waals surface area contributed by atoms with Gasteiger partial charge in [-0.05, 0) is 71.0 Å². The molecule has 0 unspecified atom stereocenters. The molecule has 0 fully saturated rings. The molecular formula is C36H33BrN2O5S2. The van der Waals surface area contributed by atoms with Crippen LogP contribution in [0.25, 0.3) is 32.8 Å². The number of methoxy groups -OCH3 is 2. The third-order valence-corrected chi connectivity index (χ3v) is 8.86. The van der Waals surface area contributed by atoms with Crippen LogP contribution in [-0.4, -0.2) is 55.1 Å². The van der Waals surface area contributed by atoms with Gasteiger partial charge in [0.05, 0.1) is 19.8 Å². The molecule has 1 heterocycles. The van der Waals surface area contributed by atoms with Crippen LogP contribution >= 0.6 is 39.0 Å². The molecule has 0 spiro atoms. The van der Waals surface area contributed by atoms with Gasteiger partial charge in [0, 0.05) is 27.2 Å². The average molecular weight is 718 g/mol. The predicted octanol–water partition coefficient (Wildman–Crippen LogP) is 8.40. The average Bonchev–Trinajstić information content (AvgIpc) is 3.65. The van der Waals surface area contributed by atoms with Gasteiger partial charge in [0.1, 0.15) is 11.0 Å². The first kappa shape index (κ1) is 34.6. The van der Waals surface area contributed by atoms with Gasteiger partial charge in [0.25, 0.3) is 5.91 Å². The molecule has 4 aromatic carbocycles. The number of thiazole rings is 1. The fourth-order valence-electron chi connectivity index (χ4n) is 4.62. The van der Waals surface area contributed by atoms with E-state index < -0.39 is 12.0 Å². The quantitative estimate of drug-likeness (QED) is 0.145. The van der Waals surface area contributed by atoms with Crippen molar-refractivity contribution in [2.24, 2.45) is 0 Å². The number of hydrogen-bond donors (Lipinski definition) is 1. The van der Waals surface area contributed by atoms with Crippen molar-refractivity contribution in [1.82, 2.24) is 10.3 Å². The number of amides is 1. The number of hydrogen-bond acceptors (Lipinski definition) is 8. The molecule has 0 saturated heterocycles. The Morgan fingerprint density at radius 3 is 2.02 bits per heavy atom. The minimum atomic E-state index is -0.679. The fourth-order valence-corrected chi connectivity index (χ4v) is 6.09. The maximum absolute atomic E-state index is 13.1. The molecule has 46 heavy (non-hydrogen) atoms. The minimum absolute atomic E-state index is 0.300. The van der Waals surface area contributed by atoms with Gasteiger partial charge in [-0.25, -0.2) is 14.6 Å². The van der Waals surface area contributed by atoms with Gasteiger partial charge in [-0.3, -0.25) is 4.79 Å². The summed E-state index contributed by atoms with van der Waals surface area (Å²) >= 11 is 6.57. The van der Waals surface area contributed by atoms with Crippen LogP contribution in [0.2, 0.25) is 0 Å². The number of nitrogens with zero attached hydrogens (tertiary/aromatic N) is 1. The molecule has 0 aliphatic rings. The van der Waals surface area contributed by atoms with E-state index in [0.29, 0.717) is 17.5 Å². The number of thioether (sulfide) groups is 1. The molecule has 0 aliphatic carbocycles.